The maximum absolute atomic E-state index is 13.2. The van der Waals surface area contributed by atoms with Crippen molar-refractivity contribution >= 4 is 23.4 Å². The molecule has 0 fully saturated rings. The number of aromatic nitrogens is 3. The van der Waals surface area contributed by atoms with E-state index in [4.69, 9.17) is 17.3 Å². The first-order valence-electron chi connectivity index (χ1n) is 9.90. The van der Waals surface area contributed by atoms with Gasteiger partial charge >= 0.3 is 0 Å². The lowest BCUT2D eigenvalue weighted by molar-refractivity contribution is 0.627. The van der Waals surface area contributed by atoms with Crippen LogP contribution in [0.4, 0.5) is 4.39 Å². The Kier molecular flexibility index (Phi) is 6.70. The zero-order valence-electron chi connectivity index (χ0n) is 17.0. The van der Waals surface area contributed by atoms with Crippen molar-refractivity contribution in [3.8, 4) is 5.69 Å². The minimum absolute atomic E-state index is 0.249. The summed E-state index contributed by atoms with van der Waals surface area (Å²) in [4.78, 5) is 0. The van der Waals surface area contributed by atoms with Crippen molar-refractivity contribution in [3.63, 3.8) is 0 Å². The van der Waals surface area contributed by atoms with Gasteiger partial charge in [0.1, 0.15) is 5.82 Å². The van der Waals surface area contributed by atoms with Crippen LogP contribution < -0.4 is 5.73 Å². The van der Waals surface area contributed by atoms with E-state index in [0.717, 1.165) is 22.4 Å². The van der Waals surface area contributed by atoms with E-state index >= 15 is 0 Å². The van der Waals surface area contributed by atoms with E-state index < -0.39 is 0 Å². The van der Waals surface area contributed by atoms with Crippen molar-refractivity contribution in [2.75, 3.05) is 0 Å². The second-order valence-corrected chi connectivity index (χ2v) is 8.70. The van der Waals surface area contributed by atoms with Gasteiger partial charge in [-0.25, -0.2) is 4.39 Å². The Labute approximate surface area is 190 Å². The van der Waals surface area contributed by atoms with Gasteiger partial charge in [0.25, 0.3) is 0 Å². The molecule has 4 nitrogen and oxygen atoms in total. The van der Waals surface area contributed by atoms with E-state index in [1.54, 1.807) is 12.1 Å². The molecule has 158 valence electrons. The summed E-state index contributed by atoms with van der Waals surface area (Å²) in [6, 6.07) is 21.9. The molecule has 4 aromatic rings. The second-order valence-electron chi connectivity index (χ2n) is 7.32. The van der Waals surface area contributed by atoms with Crippen molar-refractivity contribution in [1.29, 1.82) is 0 Å². The average molecular weight is 453 g/mol. The Bertz CT molecular complexity index is 1160. The van der Waals surface area contributed by atoms with Crippen LogP contribution in [0.5, 0.6) is 0 Å². The van der Waals surface area contributed by atoms with Gasteiger partial charge in [-0.15, -0.1) is 10.2 Å². The van der Waals surface area contributed by atoms with Crippen LogP contribution in [0.25, 0.3) is 5.69 Å². The fraction of sp³-hybridized carbons (Fsp3) is 0.167. The molecule has 1 heterocycles. The second kappa shape index (κ2) is 9.64. The first-order valence-corrected chi connectivity index (χ1v) is 11.3. The number of benzene rings is 3. The summed E-state index contributed by atoms with van der Waals surface area (Å²) in [6.07, 6.45) is 0.640. The van der Waals surface area contributed by atoms with Crippen molar-refractivity contribution in [1.82, 2.24) is 14.8 Å². The number of rotatable bonds is 7. The molecule has 1 aromatic heterocycles. The number of thioether (sulfide) groups is 1. The number of aryl methyl sites for hydroxylation is 1. The third-order valence-electron chi connectivity index (χ3n) is 4.98. The number of halogens is 2. The lowest BCUT2D eigenvalue weighted by Crippen LogP contribution is -2.19. The first kappa shape index (κ1) is 21.6. The standard InChI is InChI=1S/C24H22ClFN4S/c1-16-7-10-19(25)14-22(16)30-23(21(27)13-17-5-3-2-4-6-17)28-29-24(30)31-15-18-8-11-20(26)12-9-18/h2-12,14,21H,13,15,27H2,1H3. The Hall–Kier alpha value is -2.67. The van der Waals surface area contributed by atoms with E-state index in [-0.39, 0.29) is 11.9 Å². The molecule has 31 heavy (non-hydrogen) atoms. The largest absolute Gasteiger partial charge is 0.321 e. The quantitative estimate of drug-likeness (QED) is 0.354. The normalized spacial score (nSPS) is 12.1. The highest BCUT2D eigenvalue weighted by atomic mass is 35.5. The summed E-state index contributed by atoms with van der Waals surface area (Å²) in [5.41, 5.74) is 10.7. The van der Waals surface area contributed by atoms with Crippen molar-refractivity contribution in [2.45, 2.75) is 30.3 Å². The van der Waals surface area contributed by atoms with Crippen LogP contribution in [0.1, 0.15) is 28.6 Å². The number of hydrogen-bond acceptors (Lipinski definition) is 4. The summed E-state index contributed by atoms with van der Waals surface area (Å²) < 4.78 is 15.2. The molecule has 3 aromatic carbocycles. The molecule has 1 unspecified atom stereocenters. The van der Waals surface area contributed by atoms with Crippen molar-refractivity contribution < 1.29 is 4.39 Å². The van der Waals surface area contributed by atoms with E-state index in [2.05, 4.69) is 22.3 Å². The third-order valence-corrected chi connectivity index (χ3v) is 6.22. The lowest BCUT2D eigenvalue weighted by atomic mass is 10.1. The topological polar surface area (TPSA) is 56.7 Å². The molecule has 2 N–H and O–H groups in total. The van der Waals surface area contributed by atoms with Gasteiger partial charge in [-0.05, 0) is 54.3 Å². The third kappa shape index (κ3) is 5.15. The molecule has 0 aliphatic heterocycles. The van der Waals surface area contributed by atoms with E-state index in [1.807, 2.05) is 47.9 Å². The van der Waals surface area contributed by atoms with Gasteiger partial charge in [0.15, 0.2) is 11.0 Å². The number of nitrogens with zero attached hydrogens (tertiary/aromatic N) is 3. The van der Waals surface area contributed by atoms with Crippen LogP contribution in [-0.2, 0) is 12.2 Å². The Morgan fingerprint density at radius 3 is 2.48 bits per heavy atom. The summed E-state index contributed by atoms with van der Waals surface area (Å²) in [7, 11) is 0. The minimum atomic E-state index is -0.339. The molecule has 0 spiro atoms. The lowest BCUT2D eigenvalue weighted by Gasteiger charge is -2.17. The summed E-state index contributed by atoms with van der Waals surface area (Å²) in [5, 5.41) is 10.2. The molecule has 7 heteroatoms. The van der Waals surface area contributed by atoms with E-state index in [9.17, 15) is 4.39 Å². The number of nitrogens with two attached hydrogens (primary N) is 1. The fourth-order valence-electron chi connectivity index (χ4n) is 3.35. The monoisotopic (exact) mass is 452 g/mol. The van der Waals surface area contributed by atoms with Crippen LogP contribution in [0.2, 0.25) is 5.02 Å². The SMILES string of the molecule is Cc1ccc(Cl)cc1-n1c(SCc2ccc(F)cc2)nnc1C(N)Cc1ccccc1. The Morgan fingerprint density at radius 1 is 1.00 bits per heavy atom. The summed E-state index contributed by atoms with van der Waals surface area (Å²) in [6.45, 7) is 2.02. The molecule has 4 rings (SSSR count). The van der Waals surface area contributed by atoms with Gasteiger partial charge in [0, 0.05) is 10.8 Å². The number of hydrogen-bond donors (Lipinski definition) is 1. The van der Waals surface area contributed by atoms with Gasteiger partial charge in [-0.1, -0.05) is 71.9 Å². The first-order chi connectivity index (χ1) is 15.0. The van der Waals surface area contributed by atoms with Crippen LogP contribution in [-0.4, -0.2) is 14.8 Å². The highest BCUT2D eigenvalue weighted by Crippen LogP contribution is 2.30. The maximum atomic E-state index is 13.2. The maximum Gasteiger partial charge on any atom is 0.196 e. The Balaban J connectivity index is 1.69. The van der Waals surface area contributed by atoms with Gasteiger partial charge in [0.05, 0.1) is 11.7 Å². The smallest absolute Gasteiger partial charge is 0.196 e. The zero-order valence-corrected chi connectivity index (χ0v) is 18.6. The van der Waals surface area contributed by atoms with Gasteiger partial charge in [0.2, 0.25) is 0 Å². The van der Waals surface area contributed by atoms with Crippen LogP contribution in [0.3, 0.4) is 0 Å². The molecular weight excluding hydrogens is 431 g/mol. The van der Waals surface area contributed by atoms with Crippen molar-refractivity contribution in [3.05, 3.63) is 106 Å². The highest BCUT2D eigenvalue weighted by molar-refractivity contribution is 7.98. The molecule has 0 radical (unpaired) electrons. The molecular formula is C24H22ClFN4S. The van der Waals surface area contributed by atoms with E-state index in [1.165, 1.54) is 23.9 Å². The van der Waals surface area contributed by atoms with Crippen LogP contribution >= 0.6 is 23.4 Å². The van der Waals surface area contributed by atoms with Crippen LogP contribution in [0, 0.1) is 12.7 Å². The fourth-order valence-corrected chi connectivity index (χ4v) is 4.43. The van der Waals surface area contributed by atoms with Gasteiger partial charge < -0.3 is 5.73 Å². The molecule has 0 saturated heterocycles. The molecule has 0 aliphatic rings. The van der Waals surface area contributed by atoms with Gasteiger partial charge in [-0.3, -0.25) is 4.57 Å². The molecule has 0 bridgehead atoms. The predicted octanol–water partition coefficient (Wildman–Crippen LogP) is 5.90. The zero-order chi connectivity index (χ0) is 21.8. The summed E-state index contributed by atoms with van der Waals surface area (Å²) >= 11 is 7.84. The predicted molar refractivity (Wildman–Crippen MR) is 124 cm³/mol. The molecule has 0 saturated carbocycles. The minimum Gasteiger partial charge on any atom is -0.321 e. The van der Waals surface area contributed by atoms with E-state index in [0.29, 0.717) is 28.2 Å². The average Bonchev–Trinajstić information content (AvgIpc) is 3.19. The van der Waals surface area contributed by atoms with Crippen LogP contribution in [0.15, 0.2) is 78.0 Å². The summed E-state index contributed by atoms with van der Waals surface area (Å²) in [5.74, 6) is 1.06. The van der Waals surface area contributed by atoms with Crippen molar-refractivity contribution in [2.24, 2.45) is 5.73 Å². The van der Waals surface area contributed by atoms with Gasteiger partial charge in [-0.2, -0.15) is 0 Å². The molecule has 0 aliphatic carbocycles. The molecule has 0 amide bonds. The Morgan fingerprint density at radius 2 is 1.74 bits per heavy atom. The molecule has 1 atom stereocenters. The highest BCUT2D eigenvalue weighted by Gasteiger charge is 2.21.